The normalized spacial score (nSPS) is 12.4. The first-order chi connectivity index (χ1) is 9.65. The van der Waals surface area contributed by atoms with E-state index < -0.39 is 0 Å². The molecule has 20 heavy (non-hydrogen) atoms. The van der Waals surface area contributed by atoms with E-state index in [0.717, 1.165) is 18.6 Å². The lowest BCUT2D eigenvalue weighted by Gasteiger charge is -2.18. The molecule has 0 fully saturated rings. The van der Waals surface area contributed by atoms with E-state index in [2.05, 4.69) is 35.5 Å². The first-order valence-electron chi connectivity index (χ1n) is 6.94. The fourth-order valence-corrected chi connectivity index (χ4v) is 2.53. The Morgan fingerprint density at radius 2 is 2.15 bits per heavy atom. The summed E-state index contributed by atoms with van der Waals surface area (Å²) in [6.45, 7) is 2.08. The van der Waals surface area contributed by atoms with E-state index in [1.165, 1.54) is 16.8 Å². The Balaban J connectivity index is 2.08. The van der Waals surface area contributed by atoms with Gasteiger partial charge in [0.2, 0.25) is 0 Å². The Hall–Kier alpha value is -1.81. The lowest BCUT2D eigenvalue weighted by molar-refractivity contribution is 0.411. The van der Waals surface area contributed by atoms with Gasteiger partial charge in [0.1, 0.15) is 5.75 Å². The van der Waals surface area contributed by atoms with Crippen LogP contribution in [0.1, 0.15) is 29.3 Å². The molecule has 1 atom stereocenters. The fraction of sp³-hybridized carbons (Fsp3) is 0.438. The summed E-state index contributed by atoms with van der Waals surface area (Å²) in [4.78, 5) is 0. The first kappa shape index (κ1) is 14.6. The lowest BCUT2D eigenvalue weighted by Crippen LogP contribution is -2.18. The molecule has 1 N–H and O–H groups in total. The van der Waals surface area contributed by atoms with Crippen LogP contribution in [0.5, 0.6) is 5.75 Å². The zero-order chi connectivity index (χ0) is 14.5. The van der Waals surface area contributed by atoms with Gasteiger partial charge in [0.15, 0.2) is 0 Å². The largest absolute Gasteiger partial charge is 0.496 e. The summed E-state index contributed by atoms with van der Waals surface area (Å²) < 4.78 is 7.25. The summed E-state index contributed by atoms with van der Waals surface area (Å²) >= 11 is 0. The van der Waals surface area contributed by atoms with E-state index in [1.807, 2.05) is 31.0 Å². The lowest BCUT2D eigenvalue weighted by atomic mass is 9.99. The summed E-state index contributed by atoms with van der Waals surface area (Å²) in [5.41, 5.74) is 3.73. The van der Waals surface area contributed by atoms with Crippen molar-refractivity contribution in [2.75, 3.05) is 14.2 Å². The van der Waals surface area contributed by atoms with Crippen molar-refractivity contribution in [3.8, 4) is 5.75 Å². The van der Waals surface area contributed by atoms with Gasteiger partial charge in [-0.15, -0.1) is 0 Å². The van der Waals surface area contributed by atoms with Gasteiger partial charge in [-0.3, -0.25) is 4.68 Å². The second-order valence-corrected chi connectivity index (χ2v) is 5.06. The highest BCUT2D eigenvalue weighted by molar-refractivity contribution is 5.37. The van der Waals surface area contributed by atoms with Crippen LogP contribution in [0.15, 0.2) is 30.5 Å². The first-order valence-corrected chi connectivity index (χ1v) is 6.94. The molecule has 0 amide bonds. The molecule has 0 saturated carbocycles. The number of aryl methyl sites for hydroxylation is 3. The summed E-state index contributed by atoms with van der Waals surface area (Å²) in [5.74, 6) is 0.940. The predicted octanol–water partition coefficient (Wildman–Crippen LogP) is 2.63. The molecule has 0 aliphatic heterocycles. The maximum absolute atomic E-state index is 5.32. The van der Waals surface area contributed by atoms with Crippen molar-refractivity contribution in [3.63, 3.8) is 0 Å². The van der Waals surface area contributed by atoms with Gasteiger partial charge in [-0.25, -0.2) is 0 Å². The molecule has 0 radical (unpaired) electrons. The zero-order valence-electron chi connectivity index (χ0n) is 12.7. The molecular formula is C16H23N3O. The molecule has 2 rings (SSSR count). The smallest absolute Gasteiger partial charge is 0.121 e. The van der Waals surface area contributed by atoms with E-state index in [9.17, 15) is 0 Å². The molecule has 1 unspecified atom stereocenters. The molecule has 4 heteroatoms. The number of nitrogens with zero attached hydrogens (tertiary/aromatic N) is 2. The van der Waals surface area contributed by atoms with Crippen molar-refractivity contribution in [1.29, 1.82) is 0 Å². The average molecular weight is 273 g/mol. The third-order valence-electron chi connectivity index (χ3n) is 3.78. The highest BCUT2D eigenvalue weighted by Gasteiger charge is 2.12. The number of rotatable bonds is 6. The molecule has 2 aromatic rings. The Morgan fingerprint density at radius 3 is 2.70 bits per heavy atom. The topological polar surface area (TPSA) is 39.1 Å². The van der Waals surface area contributed by atoms with Gasteiger partial charge in [-0.1, -0.05) is 12.1 Å². The minimum absolute atomic E-state index is 0.342. The van der Waals surface area contributed by atoms with Crippen LogP contribution in [0.2, 0.25) is 0 Å². The minimum Gasteiger partial charge on any atom is -0.496 e. The van der Waals surface area contributed by atoms with Crippen molar-refractivity contribution < 1.29 is 4.74 Å². The molecule has 0 saturated heterocycles. The summed E-state index contributed by atoms with van der Waals surface area (Å²) in [7, 11) is 5.70. The van der Waals surface area contributed by atoms with Gasteiger partial charge in [0, 0.05) is 25.0 Å². The molecule has 0 bridgehead atoms. The third-order valence-corrected chi connectivity index (χ3v) is 3.78. The molecule has 1 aromatic heterocycles. The fourth-order valence-electron chi connectivity index (χ4n) is 2.53. The van der Waals surface area contributed by atoms with Crippen LogP contribution in [0.4, 0.5) is 0 Å². The van der Waals surface area contributed by atoms with E-state index in [-0.39, 0.29) is 0 Å². The average Bonchev–Trinajstić information content (AvgIpc) is 2.85. The number of hydrogen-bond acceptors (Lipinski definition) is 3. The van der Waals surface area contributed by atoms with Crippen LogP contribution in [0.25, 0.3) is 0 Å². The Kier molecular flexibility index (Phi) is 4.79. The summed E-state index contributed by atoms with van der Waals surface area (Å²) in [6, 6.07) is 8.79. The van der Waals surface area contributed by atoms with Gasteiger partial charge in [0.25, 0.3) is 0 Å². The standard InChI is InChI=1S/C16H23N3O/c1-12-11-13(5-8-16(12)20-4)15(17-2)7-6-14-9-10-18-19(14)3/h5,8-11,15,17H,6-7H2,1-4H3. The van der Waals surface area contributed by atoms with Crippen LogP contribution >= 0.6 is 0 Å². The van der Waals surface area contributed by atoms with Crippen LogP contribution in [0, 0.1) is 6.92 Å². The van der Waals surface area contributed by atoms with Gasteiger partial charge >= 0.3 is 0 Å². The molecule has 0 spiro atoms. The molecular weight excluding hydrogens is 250 g/mol. The van der Waals surface area contributed by atoms with Gasteiger partial charge in [-0.2, -0.15) is 5.10 Å². The highest BCUT2D eigenvalue weighted by Crippen LogP contribution is 2.25. The Labute approximate surface area is 120 Å². The number of benzene rings is 1. The third kappa shape index (κ3) is 3.20. The second kappa shape index (κ2) is 6.57. The quantitative estimate of drug-likeness (QED) is 0.879. The van der Waals surface area contributed by atoms with Gasteiger partial charge in [-0.05, 0) is 50.1 Å². The Morgan fingerprint density at radius 1 is 1.35 bits per heavy atom. The maximum atomic E-state index is 5.32. The van der Waals surface area contributed by atoms with Crippen molar-refractivity contribution in [2.24, 2.45) is 7.05 Å². The monoisotopic (exact) mass is 273 g/mol. The van der Waals surface area contributed by atoms with Crippen LogP contribution < -0.4 is 10.1 Å². The molecule has 1 heterocycles. The van der Waals surface area contributed by atoms with E-state index >= 15 is 0 Å². The SMILES string of the molecule is CNC(CCc1ccnn1C)c1ccc(OC)c(C)c1. The minimum atomic E-state index is 0.342. The summed E-state index contributed by atoms with van der Waals surface area (Å²) in [6.07, 6.45) is 3.90. The van der Waals surface area contributed by atoms with Crippen LogP contribution in [-0.4, -0.2) is 23.9 Å². The van der Waals surface area contributed by atoms with Crippen molar-refractivity contribution in [2.45, 2.75) is 25.8 Å². The molecule has 0 aliphatic carbocycles. The van der Waals surface area contributed by atoms with Crippen molar-refractivity contribution in [3.05, 3.63) is 47.3 Å². The van der Waals surface area contributed by atoms with Crippen LogP contribution in [-0.2, 0) is 13.5 Å². The zero-order valence-corrected chi connectivity index (χ0v) is 12.7. The van der Waals surface area contributed by atoms with E-state index in [4.69, 9.17) is 4.74 Å². The number of methoxy groups -OCH3 is 1. The maximum Gasteiger partial charge on any atom is 0.121 e. The second-order valence-electron chi connectivity index (χ2n) is 5.06. The van der Waals surface area contributed by atoms with Gasteiger partial charge in [0.05, 0.1) is 7.11 Å². The molecule has 4 nitrogen and oxygen atoms in total. The van der Waals surface area contributed by atoms with Crippen molar-refractivity contribution in [1.82, 2.24) is 15.1 Å². The number of ether oxygens (including phenoxy) is 1. The van der Waals surface area contributed by atoms with Crippen molar-refractivity contribution >= 4 is 0 Å². The Bertz CT molecular complexity index is 563. The molecule has 108 valence electrons. The summed E-state index contributed by atoms with van der Waals surface area (Å²) in [5, 5.41) is 7.60. The highest BCUT2D eigenvalue weighted by atomic mass is 16.5. The van der Waals surface area contributed by atoms with E-state index in [1.54, 1.807) is 7.11 Å². The number of aromatic nitrogens is 2. The van der Waals surface area contributed by atoms with E-state index in [0.29, 0.717) is 6.04 Å². The predicted molar refractivity (Wildman–Crippen MR) is 81.1 cm³/mol. The number of nitrogens with one attached hydrogen (secondary N) is 1. The molecule has 0 aliphatic rings. The van der Waals surface area contributed by atoms with Gasteiger partial charge < -0.3 is 10.1 Å². The molecule has 1 aromatic carbocycles. The van der Waals surface area contributed by atoms with Crippen LogP contribution in [0.3, 0.4) is 0 Å². The number of hydrogen-bond donors (Lipinski definition) is 1.